The zero-order valence-electron chi connectivity index (χ0n) is 21.7. The van der Waals surface area contributed by atoms with Crippen LogP contribution < -0.4 is 10.9 Å². The molecule has 0 aliphatic heterocycles. The summed E-state index contributed by atoms with van der Waals surface area (Å²) in [5, 5.41) is 17.0. The van der Waals surface area contributed by atoms with Gasteiger partial charge in [-0.15, -0.1) is 16.5 Å². The van der Waals surface area contributed by atoms with E-state index in [1.807, 2.05) is 35.7 Å². The third-order valence-corrected chi connectivity index (χ3v) is 6.96. The first-order valence-electron chi connectivity index (χ1n) is 12.8. The van der Waals surface area contributed by atoms with E-state index in [1.54, 1.807) is 24.3 Å². The molecule has 2 N–H and O–H groups in total. The Hall–Kier alpha value is -4.63. The van der Waals surface area contributed by atoms with Crippen LogP contribution in [0.2, 0.25) is 0 Å². The van der Waals surface area contributed by atoms with Gasteiger partial charge in [-0.3, -0.25) is 14.7 Å². The standard InChI is InChI=1S/C30H28N6O2S/c1-3-4-8-21-11-13-22(14-12-21)26-19-39-30(32-26)36-29(38)28(27(35-36)23-9-6-5-7-10-23)34-33-25-17-15-24(16-18-25)31-20(2)37/h5-7,9-19,35H,3-4,8H2,1-2H3,(H,31,37). The summed E-state index contributed by atoms with van der Waals surface area (Å²) in [6.45, 7) is 3.64. The molecule has 3 aromatic carbocycles. The van der Waals surface area contributed by atoms with Gasteiger partial charge in [-0.1, -0.05) is 67.9 Å². The van der Waals surface area contributed by atoms with E-state index in [-0.39, 0.29) is 17.2 Å². The van der Waals surface area contributed by atoms with E-state index in [0.717, 1.165) is 23.2 Å². The van der Waals surface area contributed by atoms with Gasteiger partial charge in [0.15, 0.2) is 5.69 Å². The topological polar surface area (TPSA) is 104 Å². The monoisotopic (exact) mass is 536 g/mol. The van der Waals surface area contributed by atoms with Gasteiger partial charge in [-0.05, 0) is 42.7 Å². The largest absolute Gasteiger partial charge is 0.326 e. The smallest absolute Gasteiger partial charge is 0.301 e. The van der Waals surface area contributed by atoms with Crippen LogP contribution in [0.15, 0.2) is 99.3 Å². The Bertz CT molecular complexity index is 1650. The molecule has 196 valence electrons. The second kappa shape index (κ2) is 11.8. The normalized spacial score (nSPS) is 11.2. The van der Waals surface area contributed by atoms with E-state index in [0.29, 0.717) is 22.2 Å². The van der Waals surface area contributed by atoms with Crippen LogP contribution >= 0.6 is 11.3 Å². The molecule has 0 aliphatic rings. The minimum atomic E-state index is -0.344. The summed E-state index contributed by atoms with van der Waals surface area (Å²) in [7, 11) is 0. The number of H-pyrrole nitrogens is 1. The minimum absolute atomic E-state index is 0.154. The van der Waals surface area contributed by atoms with Crippen LogP contribution in [0.1, 0.15) is 32.3 Å². The molecule has 0 radical (unpaired) electrons. The van der Waals surface area contributed by atoms with Crippen molar-refractivity contribution < 1.29 is 4.79 Å². The van der Waals surface area contributed by atoms with Gasteiger partial charge in [-0.2, -0.15) is 9.80 Å². The molecule has 39 heavy (non-hydrogen) atoms. The molecule has 0 aliphatic carbocycles. The van der Waals surface area contributed by atoms with Crippen molar-refractivity contribution in [3.05, 3.63) is 100 Å². The van der Waals surface area contributed by atoms with Crippen LogP contribution in [0.5, 0.6) is 0 Å². The van der Waals surface area contributed by atoms with Gasteiger partial charge in [0.05, 0.1) is 17.1 Å². The molecule has 0 saturated heterocycles. The van der Waals surface area contributed by atoms with Gasteiger partial charge in [0.2, 0.25) is 11.0 Å². The fourth-order valence-electron chi connectivity index (χ4n) is 4.11. The summed E-state index contributed by atoms with van der Waals surface area (Å²) in [6.07, 6.45) is 3.40. The number of benzene rings is 3. The van der Waals surface area contributed by atoms with E-state index in [2.05, 4.69) is 51.8 Å². The molecule has 0 spiro atoms. The van der Waals surface area contributed by atoms with Crippen LogP contribution in [0.4, 0.5) is 17.1 Å². The molecule has 0 atom stereocenters. The van der Waals surface area contributed by atoms with Crippen LogP contribution in [0.25, 0.3) is 27.6 Å². The molecule has 5 aromatic rings. The lowest BCUT2D eigenvalue weighted by atomic mass is 10.1. The fraction of sp³-hybridized carbons (Fsp3) is 0.167. The molecular formula is C30H28N6O2S. The molecule has 9 heteroatoms. The molecule has 0 bridgehead atoms. The first kappa shape index (κ1) is 26.0. The second-order valence-electron chi connectivity index (χ2n) is 9.09. The number of hydrogen-bond acceptors (Lipinski definition) is 6. The lowest BCUT2D eigenvalue weighted by molar-refractivity contribution is -0.114. The molecule has 0 fully saturated rings. The van der Waals surface area contributed by atoms with E-state index >= 15 is 0 Å². The Balaban J connectivity index is 1.47. The highest BCUT2D eigenvalue weighted by atomic mass is 32.1. The molecule has 5 rings (SSSR count). The number of unbranched alkanes of at least 4 members (excludes halogenated alkanes) is 1. The Morgan fingerprint density at radius 1 is 0.974 bits per heavy atom. The SMILES string of the molecule is CCCCc1ccc(-c2csc(-n3[nH]c(-c4ccccc4)c(N=Nc4ccc(NC(C)=O)cc4)c3=O)n2)cc1. The average molecular weight is 537 g/mol. The lowest BCUT2D eigenvalue weighted by Gasteiger charge is -2.02. The fourth-order valence-corrected chi connectivity index (χ4v) is 4.90. The van der Waals surface area contributed by atoms with Crippen molar-refractivity contribution in [1.82, 2.24) is 14.8 Å². The Kier molecular flexibility index (Phi) is 7.88. The number of aromatic amines is 1. The van der Waals surface area contributed by atoms with Crippen molar-refractivity contribution >= 4 is 34.3 Å². The lowest BCUT2D eigenvalue weighted by Crippen LogP contribution is -2.13. The number of aryl methyl sites for hydroxylation is 1. The van der Waals surface area contributed by atoms with Crippen LogP contribution in [-0.4, -0.2) is 20.7 Å². The number of aromatic nitrogens is 3. The van der Waals surface area contributed by atoms with Crippen molar-refractivity contribution in [1.29, 1.82) is 0 Å². The molecule has 1 amide bonds. The van der Waals surface area contributed by atoms with E-state index in [9.17, 15) is 9.59 Å². The van der Waals surface area contributed by atoms with Gasteiger partial charge in [0.1, 0.15) is 0 Å². The Morgan fingerprint density at radius 3 is 2.41 bits per heavy atom. The molecule has 8 nitrogen and oxygen atoms in total. The zero-order chi connectivity index (χ0) is 27.2. The summed E-state index contributed by atoms with van der Waals surface area (Å²) in [4.78, 5) is 29.6. The van der Waals surface area contributed by atoms with E-state index in [1.165, 1.54) is 41.3 Å². The highest BCUT2D eigenvalue weighted by Crippen LogP contribution is 2.30. The predicted octanol–water partition coefficient (Wildman–Crippen LogP) is 7.67. The van der Waals surface area contributed by atoms with Crippen molar-refractivity contribution in [2.45, 2.75) is 33.1 Å². The number of carbonyl (C=O) groups is 1. The summed E-state index contributed by atoms with van der Waals surface area (Å²) < 4.78 is 1.42. The van der Waals surface area contributed by atoms with Crippen LogP contribution in [-0.2, 0) is 11.2 Å². The summed E-state index contributed by atoms with van der Waals surface area (Å²) in [5.74, 6) is -0.154. The second-order valence-corrected chi connectivity index (χ2v) is 9.92. The molecular weight excluding hydrogens is 508 g/mol. The summed E-state index contributed by atoms with van der Waals surface area (Å²) in [6, 6.07) is 24.9. The highest BCUT2D eigenvalue weighted by Gasteiger charge is 2.19. The molecule has 2 heterocycles. The third-order valence-electron chi connectivity index (χ3n) is 6.13. The first-order chi connectivity index (χ1) is 19.0. The maximum absolute atomic E-state index is 13.5. The molecule has 0 unspecified atom stereocenters. The number of amides is 1. The number of nitrogens with zero attached hydrogens (tertiary/aromatic N) is 4. The van der Waals surface area contributed by atoms with Gasteiger partial charge >= 0.3 is 5.56 Å². The van der Waals surface area contributed by atoms with Crippen LogP contribution in [0.3, 0.4) is 0 Å². The quantitative estimate of drug-likeness (QED) is 0.189. The molecule has 2 aromatic heterocycles. The third kappa shape index (κ3) is 6.10. The summed E-state index contributed by atoms with van der Waals surface area (Å²) >= 11 is 1.38. The zero-order valence-corrected chi connectivity index (χ0v) is 22.5. The first-order valence-corrected chi connectivity index (χ1v) is 13.6. The van der Waals surface area contributed by atoms with Crippen LogP contribution in [0, 0.1) is 0 Å². The highest BCUT2D eigenvalue weighted by molar-refractivity contribution is 7.12. The average Bonchev–Trinajstić information content (AvgIpc) is 3.57. The number of hydrogen-bond donors (Lipinski definition) is 2. The van der Waals surface area contributed by atoms with Gasteiger partial charge < -0.3 is 5.32 Å². The van der Waals surface area contributed by atoms with Crippen molar-refractivity contribution in [2.24, 2.45) is 10.2 Å². The Labute approximate surface area is 230 Å². The number of thiazole rings is 1. The number of azo groups is 1. The number of rotatable bonds is 9. The maximum Gasteiger partial charge on any atom is 0.301 e. The number of carbonyl (C=O) groups excluding carboxylic acids is 1. The van der Waals surface area contributed by atoms with E-state index < -0.39 is 0 Å². The van der Waals surface area contributed by atoms with Gasteiger partial charge in [-0.25, -0.2) is 4.98 Å². The number of nitrogens with one attached hydrogen (secondary N) is 2. The van der Waals surface area contributed by atoms with Crippen molar-refractivity contribution in [3.63, 3.8) is 0 Å². The molecule has 0 saturated carbocycles. The summed E-state index contributed by atoms with van der Waals surface area (Å²) in [5.41, 5.74) is 5.53. The van der Waals surface area contributed by atoms with Gasteiger partial charge in [0, 0.05) is 29.1 Å². The maximum atomic E-state index is 13.5. The minimum Gasteiger partial charge on any atom is -0.326 e. The Morgan fingerprint density at radius 2 is 1.72 bits per heavy atom. The van der Waals surface area contributed by atoms with Gasteiger partial charge in [0.25, 0.3) is 0 Å². The van der Waals surface area contributed by atoms with Crippen molar-refractivity contribution in [2.75, 3.05) is 5.32 Å². The van der Waals surface area contributed by atoms with E-state index in [4.69, 9.17) is 4.98 Å². The predicted molar refractivity (Wildman–Crippen MR) is 156 cm³/mol. The number of anilines is 1. The van der Waals surface area contributed by atoms with Crippen molar-refractivity contribution in [3.8, 4) is 27.6 Å².